The minimum absolute atomic E-state index is 0.113. The third kappa shape index (κ3) is 1.90. The van der Waals surface area contributed by atoms with Crippen molar-refractivity contribution in [3.63, 3.8) is 0 Å². The van der Waals surface area contributed by atoms with Crippen LogP contribution in [0, 0.1) is 0 Å². The SMILES string of the molecule is Cn1nccc1S(=O)(=O)NC1(CO)CC1. The van der Waals surface area contributed by atoms with Crippen molar-refractivity contribution in [2.24, 2.45) is 7.05 Å². The Kier molecular flexibility index (Phi) is 2.32. The standard InChI is InChI=1S/C8H13N3O3S/c1-11-7(2-5-9-11)15(13,14)10-8(6-12)3-4-8/h2,5,10,12H,3-4,6H2,1H3. The lowest BCUT2D eigenvalue weighted by molar-refractivity contribution is 0.246. The van der Waals surface area contributed by atoms with E-state index in [0.717, 1.165) is 0 Å². The second-order valence-electron chi connectivity index (χ2n) is 3.84. The molecule has 84 valence electrons. The minimum atomic E-state index is -3.56. The summed E-state index contributed by atoms with van der Waals surface area (Å²) in [5.41, 5.74) is -0.636. The van der Waals surface area contributed by atoms with Gasteiger partial charge in [-0.15, -0.1) is 0 Å². The third-order valence-corrected chi connectivity index (χ3v) is 4.21. The predicted molar refractivity (Wildman–Crippen MR) is 52.6 cm³/mol. The molecule has 2 rings (SSSR count). The van der Waals surface area contributed by atoms with Crippen LogP contribution in [0.25, 0.3) is 0 Å². The highest BCUT2D eigenvalue weighted by Crippen LogP contribution is 2.36. The van der Waals surface area contributed by atoms with Crippen LogP contribution in [0.4, 0.5) is 0 Å². The van der Waals surface area contributed by atoms with E-state index in [4.69, 9.17) is 5.11 Å². The van der Waals surface area contributed by atoms with E-state index in [9.17, 15) is 8.42 Å². The summed E-state index contributed by atoms with van der Waals surface area (Å²) in [5.74, 6) is 0. The van der Waals surface area contributed by atoms with Crippen molar-refractivity contribution in [3.05, 3.63) is 12.3 Å². The predicted octanol–water partition coefficient (Wildman–Crippen LogP) is -0.777. The van der Waals surface area contributed by atoms with Crippen molar-refractivity contribution < 1.29 is 13.5 Å². The van der Waals surface area contributed by atoms with E-state index in [-0.39, 0.29) is 11.6 Å². The Morgan fingerprint density at radius 2 is 2.33 bits per heavy atom. The number of hydrogen-bond donors (Lipinski definition) is 2. The Morgan fingerprint density at radius 3 is 2.73 bits per heavy atom. The summed E-state index contributed by atoms with van der Waals surface area (Å²) in [6.45, 7) is -0.163. The molecule has 1 aliphatic rings. The van der Waals surface area contributed by atoms with Gasteiger partial charge in [0.15, 0.2) is 5.03 Å². The summed E-state index contributed by atoms with van der Waals surface area (Å²) >= 11 is 0. The van der Waals surface area contributed by atoms with E-state index in [1.54, 1.807) is 7.05 Å². The summed E-state index contributed by atoms with van der Waals surface area (Å²) in [6, 6.07) is 1.43. The molecular weight excluding hydrogens is 218 g/mol. The summed E-state index contributed by atoms with van der Waals surface area (Å²) in [5, 5.41) is 12.9. The molecule has 0 unspecified atom stereocenters. The van der Waals surface area contributed by atoms with Gasteiger partial charge < -0.3 is 5.11 Å². The Hall–Kier alpha value is -0.920. The lowest BCUT2D eigenvalue weighted by atomic mass is 10.3. The van der Waals surface area contributed by atoms with Crippen LogP contribution >= 0.6 is 0 Å². The van der Waals surface area contributed by atoms with E-state index >= 15 is 0 Å². The third-order valence-electron chi connectivity index (χ3n) is 2.56. The smallest absolute Gasteiger partial charge is 0.258 e. The van der Waals surface area contributed by atoms with E-state index in [2.05, 4.69) is 9.82 Å². The molecule has 15 heavy (non-hydrogen) atoms. The van der Waals surface area contributed by atoms with Crippen LogP contribution in [0.5, 0.6) is 0 Å². The van der Waals surface area contributed by atoms with Crippen molar-refractivity contribution in [3.8, 4) is 0 Å². The number of hydrogen-bond acceptors (Lipinski definition) is 4. The van der Waals surface area contributed by atoms with Gasteiger partial charge in [-0.05, 0) is 18.9 Å². The average molecular weight is 231 g/mol. The Morgan fingerprint density at radius 1 is 1.67 bits per heavy atom. The highest BCUT2D eigenvalue weighted by Gasteiger charge is 2.46. The van der Waals surface area contributed by atoms with Crippen LogP contribution in [-0.2, 0) is 17.1 Å². The molecule has 0 atom stereocenters. The highest BCUT2D eigenvalue weighted by atomic mass is 32.2. The van der Waals surface area contributed by atoms with Crippen LogP contribution in [-0.4, -0.2) is 35.5 Å². The zero-order chi connectivity index (χ0) is 11.1. The number of aromatic nitrogens is 2. The van der Waals surface area contributed by atoms with Gasteiger partial charge in [0.1, 0.15) is 0 Å². The molecule has 0 aromatic carbocycles. The summed E-state index contributed by atoms with van der Waals surface area (Å²) in [4.78, 5) is 0. The molecule has 0 aliphatic heterocycles. The molecule has 1 aromatic rings. The fourth-order valence-electron chi connectivity index (χ4n) is 1.41. The van der Waals surface area contributed by atoms with Gasteiger partial charge in [0.05, 0.1) is 18.3 Å². The van der Waals surface area contributed by atoms with Gasteiger partial charge in [-0.1, -0.05) is 0 Å². The number of nitrogens with zero attached hydrogens (tertiary/aromatic N) is 2. The van der Waals surface area contributed by atoms with Gasteiger partial charge in [-0.3, -0.25) is 4.68 Å². The van der Waals surface area contributed by atoms with Gasteiger partial charge in [0.25, 0.3) is 10.0 Å². The highest BCUT2D eigenvalue weighted by molar-refractivity contribution is 7.89. The molecule has 6 nitrogen and oxygen atoms in total. The maximum atomic E-state index is 11.8. The second-order valence-corrected chi connectivity index (χ2v) is 5.47. The number of nitrogens with one attached hydrogen (secondary N) is 1. The van der Waals surface area contributed by atoms with Gasteiger partial charge in [0, 0.05) is 7.05 Å². The van der Waals surface area contributed by atoms with Crippen molar-refractivity contribution >= 4 is 10.0 Å². The first-order valence-corrected chi connectivity index (χ1v) is 6.10. The monoisotopic (exact) mass is 231 g/mol. The lowest BCUT2D eigenvalue weighted by Gasteiger charge is -2.14. The molecule has 0 bridgehead atoms. The zero-order valence-corrected chi connectivity index (χ0v) is 9.16. The fraction of sp³-hybridized carbons (Fsp3) is 0.625. The molecule has 0 amide bonds. The maximum absolute atomic E-state index is 11.8. The van der Waals surface area contributed by atoms with E-state index < -0.39 is 15.6 Å². The van der Waals surface area contributed by atoms with E-state index in [1.165, 1.54) is 16.9 Å². The summed E-state index contributed by atoms with van der Waals surface area (Å²) in [7, 11) is -2.00. The van der Waals surface area contributed by atoms with Crippen molar-refractivity contribution in [1.82, 2.24) is 14.5 Å². The van der Waals surface area contributed by atoms with Crippen LogP contribution in [0.1, 0.15) is 12.8 Å². The fourth-order valence-corrected chi connectivity index (χ4v) is 2.98. The zero-order valence-electron chi connectivity index (χ0n) is 8.34. The number of aliphatic hydroxyl groups excluding tert-OH is 1. The molecule has 1 aromatic heterocycles. The van der Waals surface area contributed by atoms with Gasteiger partial charge >= 0.3 is 0 Å². The molecular formula is C8H13N3O3S. The Balaban J connectivity index is 2.25. The average Bonchev–Trinajstić information content (AvgIpc) is 2.78. The van der Waals surface area contributed by atoms with Crippen molar-refractivity contribution in [1.29, 1.82) is 0 Å². The van der Waals surface area contributed by atoms with Crippen LogP contribution in [0.15, 0.2) is 17.3 Å². The molecule has 1 fully saturated rings. The minimum Gasteiger partial charge on any atom is -0.394 e. The van der Waals surface area contributed by atoms with Crippen LogP contribution < -0.4 is 4.72 Å². The van der Waals surface area contributed by atoms with E-state index in [1.807, 2.05) is 0 Å². The topological polar surface area (TPSA) is 84.2 Å². The molecule has 0 radical (unpaired) electrons. The second kappa shape index (κ2) is 3.29. The quantitative estimate of drug-likeness (QED) is 0.712. The van der Waals surface area contributed by atoms with Crippen LogP contribution in [0.3, 0.4) is 0 Å². The van der Waals surface area contributed by atoms with Gasteiger partial charge in [-0.25, -0.2) is 13.1 Å². The number of aryl methyl sites for hydroxylation is 1. The molecule has 1 aliphatic carbocycles. The normalized spacial score (nSPS) is 19.1. The molecule has 0 saturated heterocycles. The largest absolute Gasteiger partial charge is 0.394 e. The number of aliphatic hydroxyl groups is 1. The first-order chi connectivity index (χ1) is 6.99. The first kappa shape index (κ1) is 10.6. The van der Waals surface area contributed by atoms with Crippen molar-refractivity contribution in [2.45, 2.75) is 23.4 Å². The summed E-state index contributed by atoms with van der Waals surface area (Å²) < 4.78 is 27.5. The molecule has 0 spiro atoms. The maximum Gasteiger partial charge on any atom is 0.258 e. The molecule has 2 N–H and O–H groups in total. The molecule has 1 heterocycles. The molecule has 7 heteroatoms. The number of sulfonamides is 1. The van der Waals surface area contributed by atoms with E-state index in [0.29, 0.717) is 12.8 Å². The van der Waals surface area contributed by atoms with Crippen molar-refractivity contribution in [2.75, 3.05) is 6.61 Å². The van der Waals surface area contributed by atoms with Gasteiger partial charge in [-0.2, -0.15) is 5.10 Å². The van der Waals surface area contributed by atoms with Crippen LogP contribution in [0.2, 0.25) is 0 Å². The lowest BCUT2D eigenvalue weighted by Crippen LogP contribution is -2.40. The Bertz CT molecular complexity index is 461. The summed E-state index contributed by atoms with van der Waals surface area (Å²) in [6.07, 6.45) is 2.79. The molecule has 1 saturated carbocycles. The first-order valence-electron chi connectivity index (χ1n) is 4.62. The number of rotatable bonds is 4. The Labute approximate surface area is 88.0 Å². The van der Waals surface area contributed by atoms with Gasteiger partial charge in [0.2, 0.25) is 0 Å².